The van der Waals surface area contributed by atoms with Gasteiger partial charge < -0.3 is 18.9 Å². The molecule has 0 bridgehead atoms. The first-order valence-electron chi connectivity index (χ1n) is 9.24. The first kappa shape index (κ1) is 21.4. The molecule has 6 nitrogen and oxygen atoms in total. The monoisotopic (exact) mass is 386 g/mol. The molecule has 0 amide bonds. The Morgan fingerprint density at radius 1 is 0.964 bits per heavy atom. The minimum atomic E-state index is -0.633. The summed E-state index contributed by atoms with van der Waals surface area (Å²) in [6.45, 7) is 4.27. The Morgan fingerprint density at radius 2 is 1.71 bits per heavy atom. The van der Waals surface area contributed by atoms with Gasteiger partial charge in [0.25, 0.3) is 0 Å². The number of carbonyl (C=O) groups is 2. The summed E-state index contributed by atoms with van der Waals surface area (Å²) in [6, 6.07) is 14.2. The SMILES string of the molecule is CCOC(=O)[C@@H](Cc1ccc(OCC(=O)c2cccc(OC)c2)cc1)OCC. The molecule has 0 saturated heterocycles. The third-order valence-electron chi connectivity index (χ3n) is 4.02. The van der Waals surface area contributed by atoms with Crippen LogP contribution in [0.2, 0.25) is 0 Å². The van der Waals surface area contributed by atoms with Crippen molar-refractivity contribution in [3.8, 4) is 11.5 Å². The predicted octanol–water partition coefficient (Wildman–Crippen LogP) is 3.47. The fourth-order valence-corrected chi connectivity index (χ4v) is 2.61. The molecule has 0 fully saturated rings. The number of benzene rings is 2. The largest absolute Gasteiger partial charge is 0.497 e. The van der Waals surface area contributed by atoms with Gasteiger partial charge in [0.2, 0.25) is 0 Å². The highest BCUT2D eigenvalue weighted by molar-refractivity contribution is 5.97. The van der Waals surface area contributed by atoms with E-state index in [2.05, 4.69) is 0 Å². The predicted molar refractivity (Wildman–Crippen MR) is 105 cm³/mol. The standard InChI is InChI=1S/C22H26O6/c1-4-26-21(22(24)27-5-2)13-16-9-11-18(12-10-16)28-15-20(23)17-7-6-8-19(14-17)25-3/h6-12,14,21H,4-5,13,15H2,1-3H3/t21-/m1/s1. The van der Waals surface area contributed by atoms with E-state index in [-0.39, 0.29) is 18.4 Å². The summed E-state index contributed by atoms with van der Waals surface area (Å²) in [4.78, 5) is 24.2. The molecule has 0 heterocycles. The van der Waals surface area contributed by atoms with Crippen LogP contribution in [-0.4, -0.2) is 44.8 Å². The molecule has 1 atom stereocenters. The van der Waals surface area contributed by atoms with Gasteiger partial charge in [0, 0.05) is 18.6 Å². The van der Waals surface area contributed by atoms with Gasteiger partial charge in [-0.05, 0) is 43.7 Å². The highest BCUT2D eigenvalue weighted by Gasteiger charge is 2.20. The number of ether oxygens (including phenoxy) is 4. The van der Waals surface area contributed by atoms with Gasteiger partial charge in [-0.2, -0.15) is 0 Å². The maximum absolute atomic E-state index is 12.3. The summed E-state index contributed by atoms with van der Waals surface area (Å²) in [5.41, 5.74) is 1.45. The average Bonchev–Trinajstić information content (AvgIpc) is 2.72. The Labute approximate surface area is 165 Å². The highest BCUT2D eigenvalue weighted by Crippen LogP contribution is 2.17. The van der Waals surface area contributed by atoms with Crippen LogP contribution in [0, 0.1) is 0 Å². The molecule has 0 aliphatic rings. The zero-order chi connectivity index (χ0) is 20.4. The van der Waals surface area contributed by atoms with Crippen molar-refractivity contribution in [1.29, 1.82) is 0 Å². The van der Waals surface area contributed by atoms with Crippen LogP contribution in [0.4, 0.5) is 0 Å². The van der Waals surface area contributed by atoms with Crippen LogP contribution in [0.25, 0.3) is 0 Å². The first-order valence-corrected chi connectivity index (χ1v) is 9.24. The Morgan fingerprint density at radius 3 is 2.36 bits per heavy atom. The van der Waals surface area contributed by atoms with Gasteiger partial charge in [-0.25, -0.2) is 4.79 Å². The molecule has 28 heavy (non-hydrogen) atoms. The fraction of sp³-hybridized carbons (Fsp3) is 0.364. The summed E-state index contributed by atoms with van der Waals surface area (Å²) in [5, 5.41) is 0. The van der Waals surface area contributed by atoms with Crippen molar-refractivity contribution in [2.24, 2.45) is 0 Å². The lowest BCUT2D eigenvalue weighted by atomic mass is 10.1. The normalized spacial score (nSPS) is 11.5. The topological polar surface area (TPSA) is 71.1 Å². The van der Waals surface area contributed by atoms with Crippen LogP contribution in [-0.2, 0) is 20.7 Å². The van der Waals surface area contributed by atoms with Crippen molar-refractivity contribution in [3.63, 3.8) is 0 Å². The van der Waals surface area contributed by atoms with E-state index >= 15 is 0 Å². The lowest BCUT2D eigenvalue weighted by Gasteiger charge is -2.15. The molecule has 150 valence electrons. The van der Waals surface area contributed by atoms with E-state index in [9.17, 15) is 9.59 Å². The molecular weight excluding hydrogens is 360 g/mol. The van der Waals surface area contributed by atoms with E-state index in [1.54, 1.807) is 50.4 Å². The zero-order valence-electron chi connectivity index (χ0n) is 16.5. The highest BCUT2D eigenvalue weighted by atomic mass is 16.6. The van der Waals surface area contributed by atoms with Gasteiger partial charge in [0.05, 0.1) is 13.7 Å². The van der Waals surface area contributed by atoms with Gasteiger partial charge >= 0.3 is 5.97 Å². The Hall–Kier alpha value is -2.86. The summed E-state index contributed by atoms with van der Waals surface area (Å²) in [5.74, 6) is 0.694. The molecule has 0 aliphatic heterocycles. The Bertz CT molecular complexity index is 769. The number of methoxy groups -OCH3 is 1. The van der Waals surface area contributed by atoms with Crippen LogP contribution in [0.5, 0.6) is 11.5 Å². The van der Waals surface area contributed by atoms with Gasteiger partial charge in [-0.3, -0.25) is 4.79 Å². The molecule has 0 aliphatic carbocycles. The smallest absolute Gasteiger partial charge is 0.335 e. The lowest BCUT2D eigenvalue weighted by Crippen LogP contribution is -2.28. The number of hydrogen-bond donors (Lipinski definition) is 0. The second-order valence-electron chi connectivity index (χ2n) is 5.99. The first-order chi connectivity index (χ1) is 13.6. The second kappa shape index (κ2) is 11.1. The van der Waals surface area contributed by atoms with E-state index in [0.29, 0.717) is 36.7 Å². The van der Waals surface area contributed by atoms with Crippen LogP contribution < -0.4 is 9.47 Å². The molecule has 6 heteroatoms. The van der Waals surface area contributed by atoms with Crippen molar-refractivity contribution in [2.45, 2.75) is 26.4 Å². The molecule has 0 radical (unpaired) electrons. The van der Waals surface area contributed by atoms with Gasteiger partial charge in [-0.1, -0.05) is 24.3 Å². The van der Waals surface area contributed by atoms with Crippen LogP contribution in [0.3, 0.4) is 0 Å². The van der Waals surface area contributed by atoms with Crippen LogP contribution >= 0.6 is 0 Å². The lowest BCUT2D eigenvalue weighted by molar-refractivity contribution is -0.156. The Kier molecular flexibility index (Phi) is 8.49. The van der Waals surface area contributed by atoms with E-state index in [0.717, 1.165) is 5.56 Å². The fourth-order valence-electron chi connectivity index (χ4n) is 2.61. The second-order valence-corrected chi connectivity index (χ2v) is 5.99. The van der Waals surface area contributed by atoms with Crippen molar-refractivity contribution in [3.05, 3.63) is 59.7 Å². The van der Waals surface area contributed by atoms with Gasteiger partial charge in [0.15, 0.2) is 18.5 Å². The minimum Gasteiger partial charge on any atom is -0.497 e. The Balaban J connectivity index is 1.92. The van der Waals surface area contributed by atoms with Gasteiger partial charge in [0.1, 0.15) is 11.5 Å². The van der Waals surface area contributed by atoms with E-state index in [1.807, 2.05) is 19.1 Å². The molecule has 0 unspecified atom stereocenters. The van der Waals surface area contributed by atoms with E-state index < -0.39 is 6.10 Å². The van der Waals surface area contributed by atoms with E-state index in [1.165, 1.54) is 0 Å². The summed E-state index contributed by atoms with van der Waals surface area (Å²) in [6.07, 6.45) is -0.221. The molecule has 0 N–H and O–H groups in total. The molecule has 0 spiro atoms. The maximum atomic E-state index is 12.3. The number of Topliss-reactive ketones (excluding diaryl/α,β-unsaturated/α-hetero) is 1. The minimum absolute atomic E-state index is 0.0725. The molecule has 2 aromatic rings. The number of ketones is 1. The number of esters is 1. The molecule has 2 rings (SSSR count). The quantitative estimate of drug-likeness (QED) is 0.435. The summed E-state index contributed by atoms with van der Waals surface area (Å²) in [7, 11) is 1.56. The van der Waals surface area contributed by atoms with Crippen molar-refractivity contribution < 1.29 is 28.5 Å². The molecule has 0 saturated carbocycles. The third-order valence-corrected chi connectivity index (χ3v) is 4.02. The maximum Gasteiger partial charge on any atom is 0.335 e. The van der Waals surface area contributed by atoms with Crippen LogP contribution in [0.15, 0.2) is 48.5 Å². The number of carbonyl (C=O) groups excluding carboxylic acids is 2. The van der Waals surface area contributed by atoms with Crippen molar-refractivity contribution in [2.75, 3.05) is 26.9 Å². The zero-order valence-corrected chi connectivity index (χ0v) is 16.5. The van der Waals surface area contributed by atoms with Gasteiger partial charge in [-0.15, -0.1) is 0 Å². The summed E-state index contributed by atoms with van der Waals surface area (Å²) >= 11 is 0. The molecular formula is C22H26O6. The molecule has 0 aromatic heterocycles. The third kappa shape index (κ3) is 6.39. The number of hydrogen-bond acceptors (Lipinski definition) is 6. The van der Waals surface area contributed by atoms with Crippen molar-refractivity contribution in [1.82, 2.24) is 0 Å². The molecule has 2 aromatic carbocycles. The summed E-state index contributed by atoms with van der Waals surface area (Å²) < 4.78 is 21.2. The van der Waals surface area contributed by atoms with E-state index in [4.69, 9.17) is 18.9 Å². The number of rotatable bonds is 11. The van der Waals surface area contributed by atoms with Crippen LogP contribution in [0.1, 0.15) is 29.8 Å². The average molecular weight is 386 g/mol. The van der Waals surface area contributed by atoms with Crippen molar-refractivity contribution >= 4 is 11.8 Å².